The van der Waals surface area contributed by atoms with Crippen molar-refractivity contribution in [3.05, 3.63) is 35.6 Å². The Morgan fingerprint density at radius 2 is 1.84 bits per heavy atom. The maximum absolute atomic E-state index is 13.0. The number of aliphatic hydroxyl groups is 1. The molecule has 1 aliphatic heterocycles. The lowest BCUT2D eigenvalue weighted by atomic mass is 9.90. The standard InChI is InChI=1S/C16H24FNO/c1-3-16(14-4-6-15(17)7-5-14)18-10-8-13(9-11-18)12(2)19/h4-7,12-13,16,19H,3,8-11H2,1-2H3. The lowest BCUT2D eigenvalue weighted by Gasteiger charge is -2.38. The van der Waals surface area contributed by atoms with Gasteiger partial charge in [0.15, 0.2) is 0 Å². The van der Waals surface area contributed by atoms with Crippen LogP contribution in [0.4, 0.5) is 4.39 Å². The van der Waals surface area contributed by atoms with Crippen LogP contribution in [0.1, 0.15) is 44.7 Å². The van der Waals surface area contributed by atoms with Gasteiger partial charge in [0.25, 0.3) is 0 Å². The van der Waals surface area contributed by atoms with Crippen LogP contribution in [0.5, 0.6) is 0 Å². The number of hydrogen-bond donors (Lipinski definition) is 1. The van der Waals surface area contributed by atoms with E-state index >= 15 is 0 Å². The third-order valence-corrected chi connectivity index (χ3v) is 4.34. The molecule has 0 spiro atoms. The summed E-state index contributed by atoms with van der Waals surface area (Å²) < 4.78 is 13.0. The molecular weight excluding hydrogens is 241 g/mol. The molecule has 1 aliphatic rings. The number of rotatable bonds is 4. The van der Waals surface area contributed by atoms with Crippen LogP contribution in [0.25, 0.3) is 0 Å². The Balaban J connectivity index is 2.01. The van der Waals surface area contributed by atoms with Crippen LogP contribution in [0.2, 0.25) is 0 Å². The molecule has 1 aromatic carbocycles. The number of halogens is 1. The van der Waals surface area contributed by atoms with Gasteiger partial charge in [-0.15, -0.1) is 0 Å². The molecule has 2 rings (SSSR count). The predicted octanol–water partition coefficient (Wildman–Crippen LogP) is 3.37. The molecule has 1 heterocycles. The second-order valence-electron chi connectivity index (χ2n) is 5.59. The molecule has 1 N–H and O–H groups in total. The van der Waals surface area contributed by atoms with Gasteiger partial charge < -0.3 is 5.11 Å². The SMILES string of the molecule is CCC(c1ccc(F)cc1)N1CCC(C(C)O)CC1. The minimum atomic E-state index is -0.201. The van der Waals surface area contributed by atoms with Gasteiger partial charge in [-0.05, 0) is 62.9 Å². The highest BCUT2D eigenvalue weighted by Gasteiger charge is 2.27. The van der Waals surface area contributed by atoms with Gasteiger partial charge in [-0.2, -0.15) is 0 Å². The van der Waals surface area contributed by atoms with Gasteiger partial charge in [-0.25, -0.2) is 4.39 Å². The fourth-order valence-corrected chi connectivity index (χ4v) is 3.10. The Labute approximate surface area is 115 Å². The van der Waals surface area contributed by atoms with Crippen LogP contribution < -0.4 is 0 Å². The van der Waals surface area contributed by atoms with Crippen molar-refractivity contribution in [2.45, 2.75) is 45.3 Å². The number of likely N-dealkylation sites (tertiary alicyclic amines) is 1. The van der Waals surface area contributed by atoms with Crippen LogP contribution in [0.3, 0.4) is 0 Å². The van der Waals surface area contributed by atoms with Crippen molar-refractivity contribution >= 4 is 0 Å². The molecule has 1 aromatic rings. The molecule has 0 radical (unpaired) electrons. The molecule has 0 aromatic heterocycles. The highest BCUT2D eigenvalue weighted by molar-refractivity contribution is 5.20. The van der Waals surface area contributed by atoms with Crippen molar-refractivity contribution in [1.29, 1.82) is 0 Å². The Kier molecular flexibility index (Phi) is 4.94. The number of aliphatic hydroxyl groups excluding tert-OH is 1. The number of benzene rings is 1. The van der Waals surface area contributed by atoms with E-state index in [-0.39, 0.29) is 11.9 Å². The molecule has 0 saturated carbocycles. The number of piperidine rings is 1. The fraction of sp³-hybridized carbons (Fsp3) is 0.625. The molecule has 0 aliphatic carbocycles. The molecule has 2 unspecified atom stereocenters. The first kappa shape index (κ1) is 14.5. The number of hydrogen-bond acceptors (Lipinski definition) is 2. The third-order valence-electron chi connectivity index (χ3n) is 4.34. The van der Waals surface area contributed by atoms with Gasteiger partial charge >= 0.3 is 0 Å². The molecule has 0 amide bonds. The van der Waals surface area contributed by atoms with Crippen molar-refractivity contribution < 1.29 is 9.50 Å². The van der Waals surface area contributed by atoms with Gasteiger partial charge in [0, 0.05) is 6.04 Å². The lowest BCUT2D eigenvalue weighted by molar-refractivity contribution is 0.0545. The maximum atomic E-state index is 13.0. The van der Waals surface area contributed by atoms with Crippen LogP contribution in [0, 0.1) is 11.7 Å². The van der Waals surface area contributed by atoms with Crippen LogP contribution in [-0.2, 0) is 0 Å². The smallest absolute Gasteiger partial charge is 0.123 e. The van der Waals surface area contributed by atoms with Crippen molar-refractivity contribution in [2.75, 3.05) is 13.1 Å². The summed E-state index contributed by atoms with van der Waals surface area (Å²) in [6, 6.07) is 7.24. The van der Waals surface area contributed by atoms with Crippen LogP contribution >= 0.6 is 0 Å². The van der Waals surface area contributed by atoms with Gasteiger partial charge in [-0.1, -0.05) is 19.1 Å². The average molecular weight is 265 g/mol. The predicted molar refractivity (Wildman–Crippen MR) is 75.4 cm³/mol. The zero-order valence-corrected chi connectivity index (χ0v) is 11.8. The minimum Gasteiger partial charge on any atom is -0.393 e. The minimum absolute atomic E-state index is 0.175. The summed E-state index contributed by atoms with van der Waals surface area (Å²) in [6.07, 6.45) is 2.93. The fourth-order valence-electron chi connectivity index (χ4n) is 3.10. The topological polar surface area (TPSA) is 23.5 Å². The van der Waals surface area contributed by atoms with Crippen molar-refractivity contribution in [3.63, 3.8) is 0 Å². The number of nitrogens with zero attached hydrogens (tertiary/aromatic N) is 1. The lowest BCUT2D eigenvalue weighted by Crippen LogP contribution is -2.39. The van der Waals surface area contributed by atoms with E-state index in [1.807, 2.05) is 19.1 Å². The molecule has 2 nitrogen and oxygen atoms in total. The van der Waals surface area contributed by atoms with Crippen molar-refractivity contribution in [2.24, 2.45) is 5.92 Å². The van der Waals surface area contributed by atoms with Crippen molar-refractivity contribution in [1.82, 2.24) is 4.90 Å². The van der Waals surface area contributed by atoms with Crippen LogP contribution in [-0.4, -0.2) is 29.2 Å². The Hall–Kier alpha value is -0.930. The van der Waals surface area contributed by atoms with E-state index < -0.39 is 0 Å². The van der Waals surface area contributed by atoms with E-state index in [4.69, 9.17) is 0 Å². The van der Waals surface area contributed by atoms with E-state index in [1.165, 1.54) is 5.56 Å². The highest BCUT2D eigenvalue weighted by Crippen LogP contribution is 2.30. The van der Waals surface area contributed by atoms with Gasteiger partial charge in [0.1, 0.15) is 5.82 Å². The molecule has 3 heteroatoms. The van der Waals surface area contributed by atoms with E-state index in [9.17, 15) is 9.50 Å². The summed E-state index contributed by atoms with van der Waals surface area (Å²) in [7, 11) is 0. The molecule has 19 heavy (non-hydrogen) atoms. The molecule has 0 bridgehead atoms. The van der Waals surface area contributed by atoms with E-state index in [1.54, 1.807) is 12.1 Å². The molecular formula is C16H24FNO. The monoisotopic (exact) mass is 265 g/mol. The summed E-state index contributed by atoms with van der Waals surface area (Å²) in [4.78, 5) is 2.46. The highest BCUT2D eigenvalue weighted by atomic mass is 19.1. The maximum Gasteiger partial charge on any atom is 0.123 e. The van der Waals surface area contributed by atoms with Gasteiger partial charge in [0.05, 0.1) is 6.10 Å². The second-order valence-corrected chi connectivity index (χ2v) is 5.59. The van der Waals surface area contributed by atoms with Crippen molar-refractivity contribution in [3.8, 4) is 0 Å². The largest absolute Gasteiger partial charge is 0.393 e. The first-order valence-electron chi connectivity index (χ1n) is 7.29. The summed E-state index contributed by atoms with van der Waals surface area (Å²) in [5.74, 6) is 0.258. The summed E-state index contributed by atoms with van der Waals surface area (Å²) in [5.41, 5.74) is 1.19. The zero-order chi connectivity index (χ0) is 13.8. The summed E-state index contributed by atoms with van der Waals surface area (Å²) >= 11 is 0. The first-order chi connectivity index (χ1) is 9.11. The Morgan fingerprint density at radius 1 is 1.26 bits per heavy atom. The molecule has 2 atom stereocenters. The quantitative estimate of drug-likeness (QED) is 0.902. The molecule has 1 fully saturated rings. The Morgan fingerprint density at radius 3 is 2.32 bits per heavy atom. The molecule has 1 saturated heterocycles. The molecule has 106 valence electrons. The Bertz CT molecular complexity index is 382. The van der Waals surface area contributed by atoms with E-state index in [0.29, 0.717) is 12.0 Å². The van der Waals surface area contributed by atoms with E-state index in [0.717, 1.165) is 32.4 Å². The average Bonchev–Trinajstić information content (AvgIpc) is 2.42. The van der Waals surface area contributed by atoms with Gasteiger partial charge in [-0.3, -0.25) is 4.90 Å². The summed E-state index contributed by atoms with van der Waals surface area (Å²) in [5, 5.41) is 9.65. The van der Waals surface area contributed by atoms with Crippen LogP contribution in [0.15, 0.2) is 24.3 Å². The third kappa shape index (κ3) is 3.54. The first-order valence-corrected chi connectivity index (χ1v) is 7.29. The van der Waals surface area contributed by atoms with Gasteiger partial charge in [0.2, 0.25) is 0 Å². The summed E-state index contributed by atoms with van der Waals surface area (Å²) in [6.45, 7) is 6.10. The van der Waals surface area contributed by atoms with E-state index in [2.05, 4.69) is 11.8 Å². The second kappa shape index (κ2) is 6.49. The normalized spacial score (nSPS) is 21.3. The zero-order valence-electron chi connectivity index (χ0n) is 11.8.